The summed E-state index contributed by atoms with van der Waals surface area (Å²) in [6, 6.07) is 0.0951. The third-order valence-electron chi connectivity index (χ3n) is 3.77. The third kappa shape index (κ3) is 5.85. The summed E-state index contributed by atoms with van der Waals surface area (Å²) < 4.78 is 28.9. The van der Waals surface area contributed by atoms with Crippen LogP contribution < -0.4 is 5.32 Å². The van der Waals surface area contributed by atoms with E-state index < -0.39 is 10.2 Å². The Kier molecular flexibility index (Phi) is 7.10. The molecule has 1 saturated heterocycles. The predicted octanol–water partition coefficient (Wildman–Crippen LogP) is 2.06. The van der Waals surface area contributed by atoms with Crippen LogP contribution in [0.25, 0.3) is 0 Å². The molecule has 1 unspecified atom stereocenters. The van der Waals surface area contributed by atoms with E-state index in [4.69, 9.17) is 0 Å². The molecule has 0 radical (unpaired) electrons. The number of hydrogen-bond donors (Lipinski definition) is 1. The van der Waals surface area contributed by atoms with Crippen molar-refractivity contribution < 1.29 is 8.42 Å². The molecule has 5 nitrogen and oxygen atoms in total. The minimum atomic E-state index is -3.35. The van der Waals surface area contributed by atoms with Gasteiger partial charge in [-0.3, -0.25) is 0 Å². The Labute approximate surface area is 131 Å². The Bertz CT molecular complexity index is 404. The van der Waals surface area contributed by atoms with E-state index in [0.29, 0.717) is 13.1 Å². The maximum Gasteiger partial charge on any atom is 0.282 e. The zero-order chi connectivity index (χ0) is 16.1. The summed E-state index contributed by atoms with van der Waals surface area (Å²) in [6.07, 6.45) is 4.11. The lowest BCUT2D eigenvalue weighted by Gasteiger charge is -2.38. The fourth-order valence-electron chi connectivity index (χ4n) is 2.86. The van der Waals surface area contributed by atoms with Gasteiger partial charge in [0.25, 0.3) is 10.2 Å². The maximum atomic E-state index is 12.8. The van der Waals surface area contributed by atoms with Crippen LogP contribution in [0.1, 0.15) is 53.4 Å². The number of piperidine rings is 1. The number of rotatable bonds is 7. The van der Waals surface area contributed by atoms with Gasteiger partial charge in [0.2, 0.25) is 0 Å². The van der Waals surface area contributed by atoms with Crippen LogP contribution in [-0.4, -0.2) is 56.3 Å². The molecule has 126 valence electrons. The summed E-state index contributed by atoms with van der Waals surface area (Å²) in [6.45, 7) is 11.2. The van der Waals surface area contributed by atoms with Crippen molar-refractivity contribution in [3.05, 3.63) is 0 Å². The summed E-state index contributed by atoms with van der Waals surface area (Å²) in [7, 11) is -1.65. The molecule has 0 amide bonds. The highest BCUT2D eigenvalue weighted by Crippen LogP contribution is 2.24. The lowest BCUT2D eigenvalue weighted by molar-refractivity contribution is 0.219. The van der Waals surface area contributed by atoms with E-state index >= 15 is 0 Å². The van der Waals surface area contributed by atoms with Gasteiger partial charge in [0.1, 0.15) is 0 Å². The smallest absolute Gasteiger partial charge is 0.282 e. The average Bonchev–Trinajstić information content (AvgIpc) is 2.37. The van der Waals surface area contributed by atoms with Crippen LogP contribution in [0.15, 0.2) is 0 Å². The summed E-state index contributed by atoms with van der Waals surface area (Å²) in [5, 5.41) is 3.37. The van der Waals surface area contributed by atoms with E-state index in [-0.39, 0.29) is 11.5 Å². The summed E-state index contributed by atoms with van der Waals surface area (Å²) in [5.74, 6) is 0. The highest BCUT2D eigenvalue weighted by atomic mass is 32.2. The van der Waals surface area contributed by atoms with Crippen molar-refractivity contribution in [2.24, 2.45) is 5.41 Å². The quantitative estimate of drug-likeness (QED) is 0.731. The van der Waals surface area contributed by atoms with Crippen molar-refractivity contribution in [1.29, 1.82) is 0 Å². The number of hydrogen-bond acceptors (Lipinski definition) is 3. The Balaban J connectivity index is 2.76. The molecule has 0 aromatic heterocycles. The Hall–Kier alpha value is -0.170. The van der Waals surface area contributed by atoms with Crippen LogP contribution in [0.5, 0.6) is 0 Å². The van der Waals surface area contributed by atoms with Crippen molar-refractivity contribution in [3.8, 4) is 0 Å². The second-order valence-electron chi connectivity index (χ2n) is 7.29. The summed E-state index contributed by atoms with van der Waals surface area (Å²) in [4.78, 5) is 0. The molecule has 1 aliphatic rings. The van der Waals surface area contributed by atoms with Gasteiger partial charge in [-0.2, -0.15) is 17.0 Å². The molecule has 1 atom stereocenters. The minimum Gasteiger partial charge on any atom is -0.315 e. The van der Waals surface area contributed by atoms with Gasteiger partial charge in [-0.05, 0) is 31.2 Å². The lowest BCUT2D eigenvalue weighted by atomic mass is 9.97. The molecule has 0 aromatic carbocycles. The van der Waals surface area contributed by atoms with Crippen LogP contribution >= 0.6 is 0 Å². The first-order chi connectivity index (χ1) is 9.68. The highest BCUT2D eigenvalue weighted by Gasteiger charge is 2.35. The normalized spacial score (nSPS) is 21.9. The van der Waals surface area contributed by atoms with Gasteiger partial charge in [0.05, 0.1) is 0 Å². The first kappa shape index (κ1) is 18.9. The topological polar surface area (TPSA) is 52.7 Å². The molecule has 21 heavy (non-hydrogen) atoms. The van der Waals surface area contributed by atoms with E-state index in [1.807, 2.05) is 0 Å². The second kappa shape index (κ2) is 7.90. The van der Waals surface area contributed by atoms with Crippen LogP contribution in [0.2, 0.25) is 0 Å². The van der Waals surface area contributed by atoms with E-state index in [1.165, 1.54) is 4.31 Å². The first-order valence-electron chi connectivity index (χ1n) is 8.12. The third-order valence-corrected chi connectivity index (χ3v) is 5.76. The van der Waals surface area contributed by atoms with Crippen LogP contribution in [0, 0.1) is 5.41 Å². The molecule has 0 aromatic rings. The van der Waals surface area contributed by atoms with Gasteiger partial charge in [0, 0.05) is 32.7 Å². The van der Waals surface area contributed by atoms with Crippen LogP contribution in [0.3, 0.4) is 0 Å². The Morgan fingerprint density at radius 3 is 2.52 bits per heavy atom. The number of nitrogens with zero attached hydrogens (tertiary/aromatic N) is 2. The molecule has 0 bridgehead atoms. The SMILES string of the molecule is CCCNCC1CCCCN1S(=O)(=O)N(C)CC(C)(C)C. The minimum absolute atomic E-state index is 0.0342. The molecule has 1 rings (SSSR count). The lowest BCUT2D eigenvalue weighted by Crippen LogP contribution is -2.53. The number of nitrogens with one attached hydrogen (secondary N) is 1. The molecule has 1 aliphatic heterocycles. The van der Waals surface area contributed by atoms with E-state index in [9.17, 15) is 8.42 Å². The Morgan fingerprint density at radius 1 is 1.29 bits per heavy atom. The van der Waals surface area contributed by atoms with Crippen molar-refractivity contribution in [1.82, 2.24) is 13.9 Å². The molecule has 6 heteroatoms. The first-order valence-corrected chi connectivity index (χ1v) is 9.52. The molecule has 0 saturated carbocycles. The summed E-state index contributed by atoms with van der Waals surface area (Å²) >= 11 is 0. The van der Waals surface area contributed by atoms with Crippen molar-refractivity contribution in [3.63, 3.8) is 0 Å². The standard InChI is InChI=1S/C15H33N3O2S/c1-6-10-16-12-14-9-7-8-11-18(14)21(19,20)17(5)13-15(2,3)4/h14,16H,6-13H2,1-5H3. The van der Waals surface area contributed by atoms with Gasteiger partial charge in [-0.1, -0.05) is 34.1 Å². The van der Waals surface area contributed by atoms with Gasteiger partial charge in [-0.15, -0.1) is 0 Å². The molecular weight excluding hydrogens is 286 g/mol. The second-order valence-corrected chi connectivity index (χ2v) is 9.28. The van der Waals surface area contributed by atoms with Gasteiger partial charge in [0.15, 0.2) is 0 Å². The summed E-state index contributed by atoms with van der Waals surface area (Å²) in [5.41, 5.74) is -0.0342. The molecule has 1 N–H and O–H groups in total. The predicted molar refractivity (Wildman–Crippen MR) is 88.5 cm³/mol. The molecule has 0 spiro atoms. The Morgan fingerprint density at radius 2 is 1.95 bits per heavy atom. The van der Waals surface area contributed by atoms with Gasteiger partial charge < -0.3 is 5.32 Å². The van der Waals surface area contributed by atoms with Crippen LogP contribution in [0.4, 0.5) is 0 Å². The van der Waals surface area contributed by atoms with Crippen molar-refractivity contribution in [2.45, 2.75) is 59.4 Å². The van der Waals surface area contributed by atoms with Gasteiger partial charge in [-0.25, -0.2) is 0 Å². The van der Waals surface area contributed by atoms with E-state index in [2.05, 4.69) is 33.0 Å². The van der Waals surface area contributed by atoms with E-state index in [0.717, 1.165) is 38.8 Å². The van der Waals surface area contributed by atoms with Crippen molar-refractivity contribution >= 4 is 10.2 Å². The van der Waals surface area contributed by atoms with E-state index in [1.54, 1.807) is 11.4 Å². The zero-order valence-corrected chi connectivity index (χ0v) is 15.2. The highest BCUT2D eigenvalue weighted by molar-refractivity contribution is 7.86. The molecule has 1 heterocycles. The maximum absolute atomic E-state index is 12.8. The monoisotopic (exact) mass is 319 g/mol. The molecule has 1 fully saturated rings. The largest absolute Gasteiger partial charge is 0.315 e. The zero-order valence-electron chi connectivity index (χ0n) is 14.4. The van der Waals surface area contributed by atoms with Gasteiger partial charge >= 0.3 is 0 Å². The van der Waals surface area contributed by atoms with Crippen LogP contribution in [-0.2, 0) is 10.2 Å². The van der Waals surface area contributed by atoms with Crippen molar-refractivity contribution in [2.75, 3.05) is 33.2 Å². The average molecular weight is 320 g/mol. The molecule has 0 aliphatic carbocycles. The molecular formula is C15H33N3O2S. The fourth-order valence-corrected chi connectivity index (χ4v) is 4.68. The fraction of sp³-hybridized carbons (Fsp3) is 1.00.